The van der Waals surface area contributed by atoms with Gasteiger partial charge in [0.1, 0.15) is 0 Å². The van der Waals surface area contributed by atoms with Gasteiger partial charge in [-0.2, -0.15) is 0 Å². The van der Waals surface area contributed by atoms with Gasteiger partial charge in [-0.3, -0.25) is 0 Å². The molecule has 0 aliphatic heterocycles. The smallest absolute Gasteiger partial charge is 0.0600 e. The molecule has 1 aromatic heterocycles. The second kappa shape index (κ2) is 3.75. The van der Waals surface area contributed by atoms with Crippen LogP contribution in [-0.2, 0) is 6.54 Å². The Morgan fingerprint density at radius 1 is 1.36 bits per heavy atom. The predicted octanol–water partition coefficient (Wildman–Crippen LogP) is 2.99. The van der Waals surface area contributed by atoms with E-state index in [4.69, 9.17) is 0 Å². The summed E-state index contributed by atoms with van der Waals surface area (Å²) in [5, 5.41) is 1.26. The molecule has 0 aliphatic rings. The van der Waals surface area contributed by atoms with Crippen LogP contribution in [0.3, 0.4) is 0 Å². The van der Waals surface area contributed by atoms with Gasteiger partial charge in [0.05, 0.1) is 5.52 Å². The highest BCUT2D eigenvalue weighted by atomic mass is 79.9. The van der Waals surface area contributed by atoms with E-state index in [0.717, 1.165) is 11.0 Å². The van der Waals surface area contributed by atoms with Gasteiger partial charge in [-0.15, -0.1) is 0 Å². The lowest BCUT2D eigenvalue weighted by Crippen LogP contribution is -2.10. The highest BCUT2D eigenvalue weighted by molar-refractivity contribution is 9.10. The number of nitrogens with zero attached hydrogens (tertiary/aromatic N) is 1. The van der Waals surface area contributed by atoms with Crippen LogP contribution in [0.2, 0.25) is 0 Å². The van der Waals surface area contributed by atoms with Crippen molar-refractivity contribution in [3.63, 3.8) is 0 Å². The molecule has 0 fully saturated rings. The molecule has 0 aliphatic carbocycles. The highest BCUT2D eigenvalue weighted by Crippen LogP contribution is 2.24. The Labute approximate surface area is 92.0 Å². The Bertz CT molecular complexity index is 445. The fraction of sp³-hybridized carbons (Fsp3) is 0.273. The van der Waals surface area contributed by atoms with Gasteiger partial charge in [0.2, 0.25) is 0 Å². The van der Waals surface area contributed by atoms with Crippen LogP contribution in [0, 0.1) is 0 Å². The second-order valence-electron chi connectivity index (χ2n) is 3.74. The molecular formula is C11H13BrN2. The maximum Gasteiger partial charge on any atom is 0.0600 e. The summed E-state index contributed by atoms with van der Waals surface area (Å²) in [4.78, 5) is 5.56. The van der Waals surface area contributed by atoms with E-state index in [1.807, 2.05) is 0 Å². The molecule has 2 aromatic rings. The van der Waals surface area contributed by atoms with Gasteiger partial charge in [0.25, 0.3) is 0 Å². The Balaban J connectivity index is 2.46. The van der Waals surface area contributed by atoms with Gasteiger partial charge in [0, 0.05) is 22.1 Å². The molecule has 0 radical (unpaired) electrons. The molecule has 1 aromatic carbocycles. The molecule has 14 heavy (non-hydrogen) atoms. The van der Waals surface area contributed by atoms with Crippen LogP contribution in [0.1, 0.15) is 5.69 Å². The SMILES string of the molecule is CN(C)Cc1cc2cccc(Br)c2[nH]1. The molecule has 0 saturated heterocycles. The van der Waals surface area contributed by atoms with E-state index < -0.39 is 0 Å². The number of aromatic amines is 1. The van der Waals surface area contributed by atoms with Crippen molar-refractivity contribution in [2.24, 2.45) is 0 Å². The molecule has 0 saturated carbocycles. The van der Waals surface area contributed by atoms with Crippen LogP contribution in [-0.4, -0.2) is 24.0 Å². The van der Waals surface area contributed by atoms with E-state index in [2.05, 4.69) is 64.2 Å². The number of nitrogens with one attached hydrogen (secondary N) is 1. The topological polar surface area (TPSA) is 19.0 Å². The summed E-state index contributed by atoms with van der Waals surface area (Å²) < 4.78 is 1.13. The number of hydrogen-bond donors (Lipinski definition) is 1. The van der Waals surface area contributed by atoms with Crippen molar-refractivity contribution in [2.75, 3.05) is 14.1 Å². The third kappa shape index (κ3) is 1.83. The minimum Gasteiger partial charge on any atom is -0.356 e. The minimum atomic E-state index is 0.946. The number of halogens is 1. The summed E-state index contributed by atoms with van der Waals surface area (Å²) in [5.41, 5.74) is 2.43. The first-order valence-corrected chi connectivity index (χ1v) is 5.37. The molecule has 3 heteroatoms. The largest absolute Gasteiger partial charge is 0.356 e. The average Bonchev–Trinajstić information content (AvgIpc) is 2.47. The Morgan fingerprint density at radius 2 is 2.14 bits per heavy atom. The quantitative estimate of drug-likeness (QED) is 0.871. The number of para-hydroxylation sites is 1. The summed E-state index contributed by atoms with van der Waals surface area (Å²) in [6.45, 7) is 0.946. The zero-order chi connectivity index (χ0) is 10.1. The van der Waals surface area contributed by atoms with Crippen LogP contribution in [0.4, 0.5) is 0 Å². The second-order valence-corrected chi connectivity index (χ2v) is 4.59. The van der Waals surface area contributed by atoms with E-state index >= 15 is 0 Å². The molecular weight excluding hydrogens is 240 g/mol. The lowest BCUT2D eigenvalue weighted by molar-refractivity contribution is 0.398. The van der Waals surface area contributed by atoms with Crippen LogP contribution < -0.4 is 0 Å². The van der Waals surface area contributed by atoms with E-state index in [1.165, 1.54) is 16.6 Å². The first-order valence-electron chi connectivity index (χ1n) is 4.57. The van der Waals surface area contributed by atoms with Crippen molar-refractivity contribution in [1.82, 2.24) is 9.88 Å². The molecule has 74 valence electrons. The monoisotopic (exact) mass is 252 g/mol. The van der Waals surface area contributed by atoms with Gasteiger partial charge < -0.3 is 9.88 Å². The Hall–Kier alpha value is -0.800. The average molecular weight is 253 g/mol. The van der Waals surface area contributed by atoms with Crippen molar-refractivity contribution in [1.29, 1.82) is 0 Å². The number of aromatic nitrogens is 1. The number of hydrogen-bond acceptors (Lipinski definition) is 1. The zero-order valence-electron chi connectivity index (χ0n) is 8.34. The molecule has 0 atom stereocenters. The van der Waals surface area contributed by atoms with Crippen LogP contribution >= 0.6 is 15.9 Å². The minimum absolute atomic E-state index is 0.946. The van der Waals surface area contributed by atoms with Crippen molar-refractivity contribution >= 4 is 26.8 Å². The first kappa shape index (κ1) is 9.74. The van der Waals surface area contributed by atoms with E-state index in [1.54, 1.807) is 0 Å². The van der Waals surface area contributed by atoms with Crippen LogP contribution in [0.25, 0.3) is 10.9 Å². The normalized spacial score (nSPS) is 11.4. The number of fused-ring (bicyclic) bond motifs is 1. The number of H-pyrrole nitrogens is 1. The van der Waals surface area contributed by atoms with Crippen LogP contribution in [0.15, 0.2) is 28.7 Å². The molecule has 0 amide bonds. The summed E-state index contributed by atoms with van der Waals surface area (Å²) in [6, 6.07) is 8.42. The lowest BCUT2D eigenvalue weighted by Gasteiger charge is -2.06. The highest BCUT2D eigenvalue weighted by Gasteiger charge is 2.03. The summed E-state index contributed by atoms with van der Waals surface area (Å²) in [6.07, 6.45) is 0. The van der Waals surface area contributed by atoms with Gasteiger partial charge in [-0.05, 0) is 42.2 Å². The molecule has 1 heterocycles. The third-order valence-electron chi connectivity index (χ3n) is 2.15. The molecule has 2 nitrogen and oxygen atoms in total. The van der Waals surface area contributed by atoms with E-state index in [0.29, 0.717) is 0 Å². The zero-order valence-corrected chi connectivity index (χ0v) is 9.93. The number of rotatable bonds is 2. The molecule has 2 rings (SSSR count). The van der Waals surface area contributed by atoms with Gasteiger partial charge in [-0.1, -0.05) is 12.1 Å². The van der Waals surface area contributed by atoms with Gasteiger partial charge in [0.15, 0.2) is 0 Å². The maximum absolute atomic E-state index is 3.53. The summed E-state index contributed by atoms with van der Waals surface area (Å²) in [7, 11) is 4.14. The fourth-order valence-electron chi connectivity index (χ4n) is 1.60. The van der Waals surface area contributed by atoms with Crippen molar-refractivity contribution < 1.29 is 0 Å². The standard InChI is InChI=1S/C11H13BrN2/c1-14(2)7-9-6-8-4-3-5-10(12)11(8)13-9/h3-6,13H,7H2,1-2H3. The Kier molecular flexibility index (Phi) is 2.61. The third-order valence-corrected chi connectivity index (χ3v) is 2.81. The van der Waals surface area contributed by atoms with Gasteiger partial charge in [-0.25, -0.2) is 0 Å². The molecule has 0 unspecified atom stereocenters. The van der Waals surface area contributed by atoms with Crippen molar-refractivity contribution in [3.8, 4) is 0 Å². The fourth-order valence-corrected chi connectivity index (χ4v) is 2.08. The van der Waals surface area contributed by atoms with E-state index in [9.17, 15) is 0 Å². The van der Waals surface area contributed by atoms with Crippen molar-refractivity contribution in [2.45, 2.75) is 6.54 Å². The molecule has 0 bridgehead atoms. The lowest BCUT2D eigenvalue weighted by atomic mass is 10.2. The van der Waals surface area contributed by atoms with Crippen LogP contribution in [0.5, 0.6) is 0 Å². The summed E-state index contributed by atoms with van der Waals surface area (Å²) in [5.74, 6) is 0. The first-order chi connectivity index (χ1) is 6.66. The maximum atomic E-state index is 3.53. The Morgan fingerprint density at radius 3 is 2.79 bits per heavy atom. The predicted molar refractivity (Wildman–Crippen MR) is 63.4 cm³/mol. The molecule has 1 N–H and O–H groups in total. The van der Waals surface area contributed by atoms with Gasteiger partial charge >= 0.3 is 0 Å². The molecule has 0 spiro atoms. The number of benzene rings is 1. The van der Waals surface area contributed by atoms with Crippen molar-refractivity contribution in [3.05, 3.63) is 34.4 Å². The van der Waals surface area contributed by atoms with E-state index in [-0.39, 0.29) is 0 Å². The summed E-state index contributed by atoms with van der Waals surface area (Å²) >= 11 is 3.53.